The lowest BCUT2D eigenvalue weighted by Gasteiger charge is -2.25. The number of halogens is 3. The molecule has 0 saturated carbocycles. The fourth-order valence-electron chi connectivity index (χ4n) is 1.87. The predicted octanol–water partition coefficient (Wildman–Crippen LogP) is 3.72. The van der Waals surface area contributed by atoms with Crippen LogP contribution in [0, 0.1) is 11.6 Å². The lowest BCUT2D eigenvalue weighted by Crippen LogP contribution is -2.36. The van der Waals surface area contributed by atoms with Gasteiger partial charge in [0.05, 0.1) is 18.7 Å². The molecule has 1 amide bonds. The smallest absolute Gasteiger partial charge is 0.410 e. The van der Waals surface area contributed by atoms with Crippen LogP contribution in [-0.2, 0) is 19.0 Å². The number of carbonyl (C=O) groups is 2. The highest BCUT2D eigenvalue weighted by atomic mass is 35.5. The van der Waals surface area contributed by atoms with E-state index in [0.29, 0.717) is 0 Å². The minimum atomic E-state index is -1.32. The molecule has 0 aromatic heterocycles. The van der Waals surface area contributed by atoms with E-state index in [1.54, 1.807) is 20.8 Å². The van der Waals surface area contributed by atoms with Crippen LogP contribution in [0.25, 0.3) is 0 Å². The predicted molar refractivity (Wildman–Crippen MR) is 90.9 cm³/mol. The standard InChI is InChI=1S/C17H22ClF2NO5/c1-17(2,3)26-16(23)21(4)6-7-25-14(15(22)24-5)10-8-11(18)13(20)12(19)9-10/h8-9,14H,6-7H2,1-5H3. The van der Waals surface area contributed by atoms with Gasteiger partial charge < -0.3 is 19.1 Å². The van der Waals surface area contributed by atoms with Crippen molar-refractivity contribution < 1.29 is 32.6 Å². The van der Waals surface area contributed by atoms with E-state index in [1.807, 2.05) is 0 Å². The molecule has 0 aliphatic carbocycles. The average Bonchev–Trinajstić information content (AvgIpc) is 2.53. The molecule has 6 nitrogen and oxygen atoms in total. The van der Waals surface area contributed by atoms with Gasteiger partial charge in [-0.1, -0.05) is 11.6 Å². The first-order valence-corrected chi connectivity index (χ1v) is 8.12. The Bertz CT molecular complexity index is 640. The van der Waals surface area contributed by atoms with Crippen LogP contribution >= 0.6 is 11.6 Å². The normalized spacial score (nSPS) is 12.5. The van der Waals surface area contributed by atoms with Crippen LogP contribution in [0.2, 0.25) is 5.02 Å². The Labute approximate surface area is 156 Å². The van der Waals surface area contributed by atoms with Gasteiger partial charge in [0.2, 0.25) is 0 Å². The molecule has 9 heteroatoms. The number of carbonyl (C=O) groups excluding carboxylic acids is 2. The molecular weight excluding hydrogens is 372 g/mol. The first-order valence-electron chi connectivity index (χ1n) is 7.74. The van der Waals surface area contributed by atoms with E-state index >= 15 is 0 Å². The molecule has 1 rings (SSSR count). The lowest BCUT2D eigenvalue weighted by molar-refractivity contribution is -0.154. The quantitative estimate of drug-likeness (QED) is 0.544. The molecule has 1 aromatic carbocycles. The Balaban J connectivity index is 2.79. The summed E-state index contributed by atoms with van der Waals surface area (Å²) in [5.41, 5.74) is -0.649. The number of nitrogens with zero attached hydrogens (tertiary/aromatic N) is 1. The number of likely N-dealkylation sites (N-methyl/N-ethyl adjacent to an activating group) is 1. The SMILES string of the molecule is COC(=O)C(OCCN(C)C(=O)OC(C)(C)C)c1cc(F)c(F)c(Cl)c1. The van der Waals surface area contributed by atoms with Crippen LogP contribution < -0.4 is 0 Å². The number of ether oxygens (including phenoxy) is 3. The summed E-state index contributed by atoms with van der Waals surface area (Å²) in [7, 11) is 2.63. The molecular formula is C17H22ClF2NO5. The van der Waals surface area contributed by atoms with E-state index in [-0.39, 0.29) is 18.7 Å². The summed E-state index contributed by atoms with van der Waals surface area (Å²) in [6, 6.07) is 1.89. The van der Waals surface area contributed by atoms with Gasteiger partial charge in [0.15, 0.2) is 17.7 Å². The first-order chi connectivity index (χ1) is 12.0. The molecule has 1 unspecified atom stereocenters. The summed E-state index contributed by atoms with van der Waals surface area (Å²) in [5, 5.41) is -0.483. The Morgan fingerprint density at radius 2 is 1.88 bits per heavy atom. The van der Waals surface area contributed by atoms with Gasteiger partial charge in [-0.25, -0.2) is 18.4 Å². The second-order valence-corrected chi connectivity index (χ2v) is 6.88. The zero-order chi connectivity index (χ0) is 20.1. The van der Waals surface area contributed by atoms with Crippen LogP contribution in [0.4, 0.5) is 13.6 Å². The van der Waals surface area contributed by atoms with E-state index in [2.05, 4.69) is 4.74 Å². The molecule has 0 saturated heterocycles. The Morgan fingerprint density at radius 3 is 2.38 bits per heavy atom. The van der Waals surface area contributed by atoms with E-state index < -0.39 is 40.4 Å². The highest BCUT2D eigenvalue weighted by Gasteiger charge is 2.26. The van der Waals surface area contributed by atoms with Crippen molar-refractivity contribution in [2.24, 2.45) is 0 Å². The maximum atomic E-state index is 13.5. The molecule has 0 heterocycles. The topological polar surface area (TPSA) is 65.1 Å². The second kappa shape index (κ2) is 9.14. The minimum Gasteiger partial charge on any atom is -0.467 e. The van der Waals surface area contributed by atoms with Crippen molar-refractivity contribution in [1.82, 2.24) is 4.90 Å². The molecule has 26 heavy (non-hydrogen) atoms. The summed E-state index contributed by atoms with van der Waals surface area (Å²) in [6.45, 7) is 5.21. The monoisotopic (exact) mass is 393 g/mol. The van der Waals surface area contributed by atoms with Crippen molar-refractivity contribution in [3.05, 3.63) is 34.4 Å². The Kier molecular flexibility index (Phi) is 7.77. The molecule has 0 fully saturated rings. The zero-order valence-electron chi connectivity index (χ0n) is 15.3. The van der Waals surface area contributed by atoms with Crippen molar-refractivity contribution in [3.8, 4) is 0 Å². The summed E-state index contributed by atoms with van der Waals surface area (Å²) in [4.78, 5) is 25.0. The van der Waals surface area contributed by atoms with Crippen LogP contribution in [0.15, 0.2) is 12.1 Å². The molecule has 0 radical (unpaired) electrons. The van der Waals surface area contributed by atoms with Crippen LogP contribution in [0.1, 0.15) is 32.4 Å². The van der Waals surface area contributed by atoms with Gasteiger partial charge >= 0.3 is 12.1 Å². The fourth-order valence-corrected chi connectivity index (χ4v) is 2.09. The Hall–Kier alpha value is -1.93. The zero-order valence-corrected chi connectivity index (χ0v) is 16.0. The van der Waals surface area contributed by atoms with Crippen molar-refractivity contribution in [3.63, 3.8) is 0 Å². The third-order valence-electron chi connectivity index (χ3n) is 3.14. The van der Waals surface area contributed by atoms with Crippen molar-refractivity contribution in [2.75, 3.05) is 27.3 Å². The van der Waals surface area contributed by atoms with Gasteiger partial charge in [0.25, 0.3) is 0 Å². The van der Waals surface area contributed by atoms with Crippen LogP contribution in [-0.4, -0.2) is 49.9 Å². The molecule has 0 aliphatic rings. The molecule has 1 atom stereocenters. The highest BCUT2D eigenvalue weighted by Crippen LogP contribution is 2.26. The van der Waals surface area contributed by atoms with Gasteiger partial charge in [0, 0.05) is 13.6 Å². The van der Waals surface area contributed by atoms with Gasteiger partial charge in [-0.2, -0.15) is 0 Å². The van der Waals surface area contributed by atoms with E-state index in [9.17, 15) is 18.4 Å². The first kappa shape index (κ1) is 22.1. The molecule has 0 N–H and O–H groups in total. The van der Waals surface area contributed by atoms with Crippen molar-refractivity contribution >= 4 is 23.7 Å². The van der Waals surface area contributed by atoms with Crippen molar-refractivity contribution in [2.45, 2.75) is 32.5 Å². The van der Waals surface area contributed by atoms with E-state index in [0.717, 1.165) is 19.2 Å². The average molecular weight is 394 g/mol. The maximum Gasteiger partial charge on any atom is 0.410 e. The van der Waals surface area contributed by atoms with Crippen LogP contribution in [0.5, 0.6) is 0 Å². The number of hydrogen-bond donors (Lipinski definition) is 0. The number of esters is 1. The molecule has 0 spiro atoms. The molecule has 1 aromatic rings. The van der Waals surface area contributed by atoms with E-state index in [1.165, 1.54) is 11.9 Å². The summed E-state index contributed by atoms with van der Waals surface area (Å²) in [6.07, 6.45) is -1.88. The van der Waals surface area contributed by atoms with E-state index in [4.69, 9.17) is 21.1 Å². The summed E-state index contributed by atoms with van der Waals surface area (Å²) in [5.74, 6) is -3.24. The third kappa shape index (κ3) is 6.42. The summed E-state index contributed by atoms with van der Waals surface area (Å²) >= 11 is 5.61. The van der Waals surface area contributed by atoms with Gasteiger partial charge in [-0.3, -0.25) is 0 Å². The Morgan fingerprint density at radius 1 is 1.27 bits per heavy atom. The maximum absolute atomic E-state index is 13.5. The lowest BCUT2D eigenvalue weighted by atomic mass is 10.1. The van der Waals surface area contributed by atoms with Gasteiger partial charge in [0.1, 0.15) is 5.60 Å². The fraction of sp³-hybridized carbons (Fsp3) is 0.529. The number of benzene rings is 1. The number of hydrogen-bond acceptors (Lipinski definition) is 5. The third-order valence-corrected chi connectivity index (χ3v) is 3.42. The second-order valence-electron chi connectivity index (χ2n) is 6.47. The van der Waals surface area contributed by atoms with Gasteiger partial charge in [-0.05, 0) is 38.5 Å². The molecule has 0 aliphatic heterocycles. The van der Waals surface area contributed by atoms with Crippen molar-refractivity contribution in [1.29, 1.82) is 0 Å². The highest BCUT2D eigenvalue weighted by molar-refractivity contribution is 6.30. The minimum absolute atomic E-state index is 0.000621. The largest absolute Gasteiger partial charge is 0.467 e. The number of methoxy groups -OCH3 is 1. The molecule has 146 valence electrons. The van der Waals surface area contributed by atoms with Gasteiger partial charge in [-0.15, -0.1) is 0 Å². The van der Waals surface area contributed by atoms with Crippen LogP contribution in [0.3, 0.4) is 0 Å². The number of rotatable bonds is 6. The number of amides is 1. The summed E-state index contributed by atoms with van der Waals surface area (Å²) < 4.78 is 42.1. The molecule has 0 bridgehead atoms.